The van der Waals surface area contributed by atoms with E-state index >= 15 is 0 Å². The van der Waals surface area contributed by atoms with E-state index in [0.29, 0.717) is 6.54 Å². The Bertz CT molecular complexity index is 1150. The zero-order valence-corrected chi connectivity index (χ0v) is 24.4. The first-order valence-corrected chi connectivity index (χ1v) is 16.1. The van der Waals surface area contributed by atoms with Crippen molar-refractivity contribution in [1.82, 2.24) is 9.29 Å². The zero-order valence-electron chi connectivity index (χ0n) is 22.6. The van der Waals surface area contributed by atoms with Gasteiger partial charge in [0.15, 0.2) is 0 Å². The number of hydrogen-bond acceptors (Lipinski definition) is 4. The fraction of sp³-hybridized carbons (Fsp3) is 0.464. The van der Waals surface area contributed by atoms with Crippen molar-refractivity contribution in [2.75, 3.05) is 6.54 Å². The number of rotatable bonds is 6. The molecule has 0 aromatic heterocycles. The predicted octanol–water partition coefficient (Wildman–Crippen LogP) is 5.40. The monoisotopic (exact) mass is 527 g/mol. The summed E-state index contributed by atoms with van der Waals surface area (Å²) in [5.74, 6) is 0. The van der Waals surface area contributed by atoms with Crippen LogP contribution in [0.1, 0.15) is 61.3 Å². The minimum absolute atomic E-state index is 0.299. The standard InChI is InChI=1S/C28H41N3O3SSi/c1-26(2,3)34-25(32)31-21-14-19-28(31,7)20-22-35(29,33)30-36(27(4,5)6,23-15-10-8-11-16-23)24-17-12-9-13-18-24/h8-13,15-18,20,22H,14,19,21H2,1-7H3,(H2,29,30,33)/b22-20+/t28-,35?/m0/s1. The van der Waals surface area contributed by atoms with Crippen LogP contribution in [0.2, 0.25) is 5.04 Å². The molecule has 6 nitrogen and oxygen atoms in total. The predicted molar refractivity (Wildman–Crippen MR) is 151 cm³/mol. The second-order valence-electron chi connectivity index (χ2n) is 11.8. The first-order valence-electron chi connectivity index (χ1n) is 12.5. The van der Waals surface area contributed by atoms with Gasteiger partial charge in [0.25, 0.3) is 0 Å². The normalized spacial score (nSPS) is 20.9. The third-order valence-electron chi connectivity index (χ3n) is 6.76. The fourth-order valence-corrected chi connectivity index (χ4v) is 13.2. The van der Waals surface area contributed by atoms with E-state index in [-0.39, 0.29) is 11.1 Å². The van der Waals surface area contributed by atoms with Gasteiger partial charge in [-0.15, -0.1) is 0 Å². The van der Waals surface area contributed by atoms with Gasteiger partial charge in [0, 0.05) is 12.0 Å². The van der Waals surface area contributed by atoms with Crippen LogP contribution in [0.25, 0.3) is 0 Å². The van der Waals surface area contributed by atoms with Crippen LogP contribution in [0.15, 0.2) is 72.1 Å². The molecule has 0 aliphatic carbocycles. The maximum Gasteiger partial charge on any atom is 0.410 e. The molecule has 2 aromatic carbocycles. The summed E-state index contributed by atoms with van der Waals surface area (Å²) in [6.07, 6.45) is 2.92. The van der Waals surface area contributed by atoms with Gasteiger partial charge in [-0.2, -0.15) is 0 Å². The molecule has 1 fully saturated rings. The molecule has 2 aromatic rings. The molecule has 3 rings (SSSR count). The quantitative estimate of drug-likeness (QED) is 0.494. The van der Waals surface area contributed by atoms with Crippen LogP contribution in [-0.4, -0.2) is 41.1 Å². The topological polar surface area (TPSA) is 82.5 Å². The summed E-state index contributed by atoms with van der Waals surface area (Å²) < 4.78 is 32.0. The number of nitrogens with one attached hydrogen (secondary N) is 2. The smallest absolute Gasteiger partial charge is 0.410 e. The van der Waals surface area contributed by atoms with Gasteiger partial charge in [-0.05, 0) is 62.0 Å². The number of benzene rings is 2. The third kappa shape index (κ3) is 6.10. The highest BCUT2D eigenvalue weighted by atomic mass is 32.2. The first-order chi connectivity index (χ1) is 16.6. The Morgan fingerprint density at radius 3 is 1.97 bits per heavy atom. The molecule has 1 unspecified atom stereocenters. The molecule has 2 atom stereocenters. The van der Waals surface area contributed by atoms with Gasteiger partial charge >= 0.3 is 6.09 Å². The van der Waals surface area contributed by atoms with Crippen molar-refractivity contribution in [1.29, 1.82) is 4.78 Å². The van der Waals surface area contributed by atoms with Crippen molar-refractivity contribution in [3.63, 3.8) is 0 Å². The maximum atomic E-state index is 14.0. The molecule has 0 spiro atoms. The number of ether oxygens (including phenoxy) is 1. The molecule has 196 valence electrons. The summed E-state index contributed by atoms with van der Waals surface area (Å²) in [6, 6.07) is 20.2. The van der Waals surface area contributed by atoms with Gasteiger partial charge in [0.2, 0.25) is 8.24 Å². The summed E-state index contributed by atoms with van der Waals surface area (Å²) >= 11 is 0. The third-order valence-corrected chi connectivity index (χ3v) is 14.4. The lowest BCUT2D eigenvalue weighted by atomic mass is 10.00. The molecule has 1 heterocycles. The van der Waals surface area contributed by atoms with Gasteiger partial charge in [-0.1, -0.05) is 81.4 Å². The van der Waals surface area contributed by atoms with Crippen LogP contribution < -0.4 is 14.8 Å². The lowest BCUT2D eigenvalue weighted by Crippen LogP contribution is -2.74. The maximum absolute atomic E-state index is 14.0. The van der Waals surface area contributed by atoms with E-state index < -0.39 is 29.3 Å². The zero-order chi connectivity index (χ0) is 26.8. The van der Waals surface area contributed by atoms with E-state index in [1.807, 2.05) is 64.1 Å². The minimum atomic E-state index is -3.38. The lowest BCUT2D eigenvalue weighted by Gasteiger charge is -2.44. The van der Waals surface area contributed by atoms with Gasteiger partial charge in [0.1, 0.15) is 15.5 Å². The number of amides is 1. The highest BCUT2D eigenvalue weighted by molar-refractivity contribution is 7.95. The van der Waals surface area contributed by atoms with Gasteiger partial charge in [-0.25, -0.2) is 18.2 Å². The van der Waals surface area contributed by atoms with E-state index in [1.54, 1.807) is 11.0 Å². The molecule has 8 heteroatoms. The van der Waals surface area contributed by atoms with Gasteiger partial charge in [0.05, 0.1) is 5.54 Å². The Balaban J connectivity index is 2.02. The van der Waals surface area contributed by atoms with E-state index in [9.17, 15) is 9.00 Å². The molecular weight excluding hydrogens is 486 g/mol. The number of carbonyl (C=O) groups excluding carboxylic acids is 1. The molecule has 0 bridgehead atoms. The van der Waals surface area contributed by atoms with Crippen molar-refractivity contribution < 1.29 is 13.7 Å². The number of carbonyl (C=O) groups is 1. The molecular formula is C28H41N3O3SSi. The number of likely N-dealkylation sites (tertiary alicyclic amines) is 1. The van der Waals surface area contributed by atoms with Gasteiger partial charge in [-0.3, -0.25) is 4.90 Å². The highest BCUT2D eigenvalue weighted by Gasteiger charge is 2.50. The Hall–Kier alpha value is -2.42. The van der Waals surface area contributed by atoms with E-state index in [0.717, 1.165) is 23.2 Å². The summed E-state index contributed by atoms with van der Waals surface area (Å²) in [5.41, 5.74) is -1.27. The Kier molecular flexibility index (Phi) is 7.94. The lowest BCUT2D eigenvalue weighted by molar-refractivity contribution is 0.0169. The van der Waals surface area contributed by atoms with E-state index in [4.69, 9.17) is 9.52 Å². The Morgan fingerprint density at radius 1 is 1.03 bits per heavy atom. The largest absolute Gasteiger partial charge is 0.444 e. The SMILES string of the molecule is CC(C)(C)OC(=O)N1CCC[C@@]1(C)/C=C/S(=N)(=O)N[Si](c1ccccc1)(c1ccccc1)C(C)(C)C. The Morgan fingerprint density at radius 2 is 1.53 bits per heavy atom. The fourth-order valence-electron chi connectivity index (χ4n) is 4.96. The molecule has 1 aliphatic rings. The Labute approximate surface area is 218 Å². The molecule has 1 aliphatic heterocycles. The molecule has 0 saturated carbocycles. The van der Waals surface area contributed by atoms with Crippen molar-refractivity contribution in [2.45, 2.75) is 77.5 Å². The average molecular weight is 528 g/mol. The van der Waals surface area contributed by atoms with Crippen molar-refractivity contribution in [2.24, 2.45) is 0 Å². The summed E-state index contributed by atoms with van der Waals surface area (Å²) in [7, 11) is -6.30. The molecule has 1 saturated heterocycles. The second kappa shape index (κ2) is 10.1. The average Bonchev–Trinajstić information content (AvgIpc) is 3.18. The van der Waals surface area contributed by atoms with Crippen LogP contribution in [0.4, 0.5) is 4.79 Å². The second-order valence-corrected chi connectivity index (χ2v) is 18.3. The van der Waals surface area contributed by atoms with Crippen molar-refractivity contribution >= 4 is 34.6 Å². The summed E-state index contributed by atoms with van der Waals surface area (Å²) in [5, 5.41) is 3.31. The van der Waals surface area contributed by atoms with Crippen LogP contribution in [0.3, 0.4) is 0 Å². The summed E-state index contributed by atoms with van der Waals surface area (Å²) in [4.78, 5) is 14.6. The first kappa shape index (κ1) is 28.2. The van der Waals surface area contributed by atoms with Crippen molar-refractivity contribution in [3.05, 3.63) is 72.1 Å². The van der Waals surface area contributed by atoms with Crippen LogP contribution in [0.5, 0.6) is 0 Å². The molecule has 0 radical (unpaired) electrons. The molecule has 2 N–H and O–H groups in total. The number of nitrogens with zero attached hydrogens (tertiary/aromatic N) is 1. The molecule has 1 amide bonds. The molecule has 36 heavy (non-hydrogen) atoms. The number of hydrogen-bond donors (Lipinski definition) is 2. The van der Waals surface area contributed by atoms with E-state index in [1.165, 1.54) is 5.41 Å². The van der Waals surface area contributed by atoms with Crippen LogP contribution in [-0.2, 0) is 14.7 Å². The van der Waals surface area contributed by atoms with Crippen molar-refractivity contribution in [3.8, 4) is 0 Å². The van der Waals surface area contributed by atoms with Crippen LogP contribution in [0, 0.1) is 4.78 Å². The van der Waals surface area contributed by atoms with E-state index in [2.05, 4.69) is 49.4 Å². The van der Waals surface area contributed by atoms with Crippen LogP contribution >= 0.6 is 0 Å². The van der Waals surface area contributed by atoms with Gasteiger partial charge < -0.3 is 4.74 Å². The summed E-state index contributed by atoms with van der Waals surface area (Å²) in [6.45, 7) is 14.5. The minimum Gasteiger partial charge on any atom is -0.444 e. The highest BCUT2D eigenvalue weighted by Crippen LogP contribution is 2.35.